The Hall–Kier alpha value is -1.88. The van der Waals surface area contributed by atoms with E-state index in [1.165, 1.54) is 18.2 Å². The van der Waals surface area contributed by atoms with Gasteiger partial charge >= 0.3 is 5.97 Å². The molecule has 1 heterocycles. The van der Waals surface area contributed by atoms with Crippen LogP contribution in [-0.2, 0) is 38.3 Å². The van der Waals surface area contributed by atoms with Gasteiger partial charge in [-0.25, -0.2) is 4.79 Å². The van der Waals surface area contributed by atoms with E-state index in [0.717, 1.165) is 18.4 Å². The molecule has 1 aromatic carbocycles. The fourth-order valence-electron chi connectivity index (χ4n) is 3.34. The summed E-state index contributed by atoms with van der Waals surface area (Å²) in [4.78, 5) is 24.9. The molecule has 2 rings (SSSR count). The summed E-state index contributed by atoms with van der Waals surface area (Å²) in [5.74, 6) is -0.531. The van der Waals surface area contributed by atoms with Crippen LogP contribution < -0.4 is 5.32 Å². The van der Waals surface area contributed by atoms with Crippen LogP contribution in [-0.4, -0.2) is 37.7 Å². The number of benzene rings is 1. The van der Waals surface area contributed by atoms with Gasteiger partial charge in [0.1, 0.15) is 5.54 Å². The van der Waals surface area contributed by atoms with Crippen LogP contribution in [0.2, 0.25) is 0 Å². The van der Waals surface area contributed by atoms with Crippen LogP contribution in [0.25, 0.3) is 0 Å². The summed E-state index contributed by atoms with van der Waals surface area (Å²) >= 11 is 0. The number of aryl methyl sites for hydroxylation is 2. The molecule has 0 radical (unpaired) electrons. The molecule has 1 fully saturated rings. The van der Waals surface area contributed by atoms with Gasteiger partial charge in [-0.05, 0) is 29.5 Å². The van der Waals surface area contributed by atoms with Gasteiger partial charge in [0.15, 0.2) is 0 Å². The molecule has 1 aliphatic heterocycles. The van der Waals surface area contributed by atoms with Gasteiger partial charge in [-0.15, -0.1) is 0 Å². The van der Waals surface area contributed by atoms with Crippen LogP contribution in [0.15, 0.2) is 18.2 Å². The molecule has 5 nitrogen and oxygen atoms in total. The third-order valence-electron chi connectivity index (χ3n) is 4.77. The molecule has 5 heteroatoms. The third-order valence-corrected chi connectivity index (χ3v) is 4.77. The summed E-state index contributed by atoms with van der Waals surface area (Å²) < 4.78 is 10.3. The Bertz CT molecular complexity index is 569. The molecule has 0 aliphatic carbocycles. The first-order valence-electron chi connectivity index (χ1n) is 8.63. The van der Waals surface area contributed by atoms with E-state index in [4.69, 9.17) is 9.47 Å². The van der Waals surface area contributed by atoms with E-state index in [1.54, 1.807) is 0 Å². The minimum absolute atomic E-state index is 0.141. The molecule has 0 spiro atoms. The number of hydrogen-bond acceptors (Lipinski definition) is 4. The Morgan fingerprint density at radius 3 is 2.25 bits per heavy atom. The van der Waals surface area contributed by atoms with Crippen molar-refractivity contribution < 1.29 is 19.1 Å². The van der Waals surface area contributed by atoms with Crippen molar-refractivity contribution in [3.8, 4) is 0 Å². The highest BCUT2D eigenvalue weighted by atomic mass is 16.5. The zero-order valence-corrected chi connectivity index (χ0v) is 14.8. The molecule has 24 heavy (non-hydrogen) atoms. The molecule has 1 aromatic rings. The summed E-state index contributed by atoms with van der Waals surface area (Å²) in [5, 5.41) is 2.94. The number of amides is 1. The Kier molecular flexibility index (Phi) is 6.37. The lowest BCUT2D eigenvalue weighted by Crippen LogP contribution is -2.58. The summed E-state index contributed by atoms with van der Waals surface area (Å²) in [7, 11) is 1.35. The van der Waals surface area contributed by atoms with Crippen molar-refractivity contribution in [2.75, 3.05) is 20.3 Å². The first-order chi connectivity index (χ1) is 11.6. The Balaban J connectivity index is 2.19. The van der Waals surface area contributed by atoms with E-state index in [2.05, 4.69) is 31.3 Å². The number of nitrogens with one attached hydrogen (secondary N) is 1. The number of carbonyl (C=O) groups excluding carboxylic acids is 2. The summed E-state index contributed by atoms with van der Waals surface area (Å²) in [5.41, 5.74) is 2.48. The quantitative estimate of drug-likeness (QED) is 0.811. The average molecular weight is 333 g/mol. The Labute approximate surface area is 143 Å². The first-order valence-corrected chi connectivity index (χ1v) is 8.63. The Morgan fingerprint density at radius 2 is 1.75 bits per heavy atom. The van der Waals surface area contributed by atoms with Gasteiger partial charge in [0.25, 0.3) is 0 Å². The van der Waals surface area contributed by atoms with Crippen LogP contribution in [0, 0.1) is 0 Å². The fourth-order valence-corrected chi connectivity index (χ4v) is 3.34. The number of esters is 1. The van der Waals surface area contributed by atoms with E-state index >= 15 is 0 Å². The maximum absolute atomic E-state index is 12.7. The largest absolute Gasteiger partial charge is 0.467 e. The standard InChI is InChI=1S/C19H27NO4/c1-4-14-7-6-8-15(5-2)16(14)13-17(21)20-19(18(22)23-3)9-11-24-12-10-19/h6-8H,4-5,9-13H2,1-3H3,(H,20,21). The topological polar surface area (TPSA) is 64.6 Å². The van der Waals surface area contributed by atoms with Gasteiger partial charge in [0.2, 0.25) is 5.91 Å². The molecule has 0 unspecified atom stereocenters. The van der Waals surface area contributed by atoms with Crippen LogP contribution in [0.4, 0.5) is 0 Å². The van der Waals surface area contributed by atoms with Crippen molar-refractivity contribution in [1.82, 2.24) is 5.32 Å². The van der Waals surface area contributed by atoms with E-state index in [1.807, 2.05) is 6.07 Å². The van der Waals surface area contributed by atoms with Crippen molar-refractivity contribution in [1.29, 1.82) is 0 Å². The molecule has 132 valence electrons. The predicted molar refractivity (Wildman–Crippen MR) is 91.8 cm³/mol. The Morgan fingerprint density at radius 1 is 1.17 bits per heavy atom. The zero-order chi connectivity index (χ0) is 17.6. The highest BCUT2D eigenvalue weighted by molar-refractivity contribution is 5.89. The number of hydrogen-bond donors (Lipinski definition) is 1. The zero-order valence-electron chi connectivity index (χ0n) is 14.8. The molecule has 0 atom stereocenters. The predicted octanol–water partition coefficient (Wildman–Crippen LogP) is 2.19. The third kappa shape index (κ3) is 3.96. The molecule has 0 bridgehead atoms. The molecule has 1 amide bonds. The lowest BCUT2D eigenvalue weighted by atomic mass is 9.89. The van der Waals surface area contributed by atoms with Crippen molar-refractivity contribution in [2.45, 2.75) is 51.5 Å². The summed E-state index contributed by atoms with van der Waals surface area (Å²) in [6, 6.07) is 6.16. The van der Waals surface area contributed by atoms with E-state index in [9.17, 15) is 9.59 Å². The average Bonchev–Trinajstić information content (AvgIpc) is 2.61. The number of carbonyl (C=O) groups is 2. The number of ether oxygens (including phenoxy) is 2. The lowest BCUT2D eigenvalue weighted by Gasteiger charge is -2.35. The number of methoxy groups -OCH3 is 1. The van der Waals surface area contributed by atoms with Gasteiger partial charge < -0.3 is 14.8 Å². The summed E-state index contributed by atoms with van der Waals surface area (Å²) in [6.45, 7) is 5.07. The van der Waals surface area contributed by atoms with E-state index < -0.39 is 11.5 Å². The second-order valence-electron chi connectivity index (χ2n) is 6.17. The molecule has 1 aliphatic rings. The van der Waals surface area contributed by atoms with Crippen LogP contribution in [0.5, 0.6) is 0 Å². The van der Waals surface area contributed by atoms with E-state index in [-0.39, 0.29) is 12.3 Å². The maximum atomic E-state index is 12.7. The molecule has 0 aromatic heterocycles. The lowest BCUT2D eigenvalue weighted by molar-refractivity contribution is -0.155. The first kappa shape index (κ1) is 18.5. The normalized spacial score (nSPS) is 16.5. The van der Waals surface area contributed by atoms with Crippen LogP contribution in [0.1, 0.15) is 43.4 Å². The van der Waals surface area contributed by atoms with Crippen molar-refractivity contribution in [3.05, 3.63) is 34.9 Å². The second-order valence-corrected chi connectivity index (χ2v) is 6.17. The molecular formula is C19H27NO4. The van der Waals surface area contributed by atoms with Gasteiger partial charge in [-0.3, -0.25) is 4.79 Å². The highest BCUT2D eigenvalue weighted by Crippen LogP contribution is 2.23. The van der Waals surface area contributed by atoms with Gasteiger partial charge in [-0.1, -0.05) is 32.0 Å². The maximum Gasteiger partial charge on any atom is 0.331 e. The van der Waals surface area contributed by atoms with Crippen LogP contribution in [0.3, 0.4) is 0 Å². The van der Waals surface area contributed by atoms with Gasteiger partial charge in [0, 0.05) is 26.1 Å². The fraction of sp³-hybridized carbons (Fsp3) is 0.579. The molecule has 0 saturated carbocycles. The second kappa shape index (κ2) is 8.29. The van der Waals surface area contributed by atoms with Crippen molar-refractivity contribution >= 4 is 11.9 Å². The molecule has 1 saturated heterocycles. The van der Waals surface area contributed by atoms with Gasteiger partial charge in [0.05, 0.1) is 13.5 Å². The minimum atomic E-state index is -0.961. The smallest absolute Gasteiger partial charge is 0.331 e. The monoisotopic (exact) mass is 333 g/mol. The SMILES string of the molecule is CCc1cccc(CC)c1CC(=O)NC1(C(=O)OC)CCOCC1. The van der Waals surface area contributed by atoms with E-state index in [0.29, 0.717) is 26.1 Å². The number of rotatable bonds is 6. The minimum Gasteiger partial charge on any atom is -0.467 e. The van der Waals surface area contributed by atoms with Crippen molar-refractivity contribution in [3.63, 3.8) is 0 Å². The molecule has 1 N–H and O–H groups in total. The summed E-state index contributed by atoms with van der Waals surface area (Å²) in [6.07, 6.45) is 2.94. The van der Waals surface area contributed by atoms with Crippen LogP contribution >= 0.6 is 0 Å². The molecular weight excluding hydrogens is 306 g/mol. The van der Waals surface area contributed by atoms with Gasteiger partial charge in [-0.2, -0.15) is 0 Å². The highest BCUT2D eigenvalue weighted by Gasteiger charge is 2.42. The van der Waals surface area contributed by atoms with Crippen molar-refractivity contribution in [2.24, 2.45) is 0 Å².